The fourth-order valence-corrected chi connectivity index (χ4v) is 1.82. The van der Waals surface area contributed by atoms with E-state index in [1.54, 1.807) is 12.1 Å². The molecule has 0 radical (unpaired) electrons. The van der Waals surface area contributed by atoms with E-state index >= 15 is 0 Å². The first-order valence-electron chi connectivity index (χ1n) is 7.67. The lowest BCUT2D eigenvalue weighted by Crippen LogP contribution is -2.39. The summed E-state index contributed by atoms with van der Waals surface area (Å²) >= 11 is 0. The van der Waals surface area contributed by atoms with Crippen LogP contribution < -0.4 is 10.6 Å². The molecule has 0 saturated heterocycles. The summed E-state index contributed by atoms with van der Waals surface area (Å²) in [6, 6.07) is 5.31. The zero-order valence-corrected chi connectivity index (χ0v) is 14.1. The first kappa shape index (κ1) is 18.7. The highest BCUT2D eigenvalue weighted by atomic mass is 16.5. The SMILES string of the molecule is CCCNC(=O)[C@H](C)OC(=O)CNC(=O)c1ccc(C)c(C)c1. The molecular weight excluding hydrogens is 296 g/mol. The number of amides is 2. The minimum absolute atomic E-state index is 0.281. The predicted octanol–water partition coefficient (Wildman–Crippen LogP) is 1.49. The molecule has 23 heavy (non-hydrogen) atoms. The summed E-state index contributed by atoms with van der Waals surface area (Å²) in [5.74, 6) is -1.35. The van der Waals surface area contributed by atoms with Crippen molar-refractivity contribution in [3.05, 3.63) is 34.9 Å². The van der Waals surface area contributed by atoms with E-state index in [0.717, 1.165) is 17.5 Å². The third-order valence-corrected chi connectivity index (χ3v) is 3.39. The number of ether oxygens (including phenoxy) is 1. The molecule has 6 heteroatoms. The lowest BCUT2D eigenvalue weighted by Gasteiger charge is -2.13. The highest BCUT2D eigenvalue weighted by Crippen LogP contribution is 2.09. The minimum atomic E-state index is -0.882. The van der Waals surface area contributed by atoms with E-state index in [1.165, 1.54) is 6.92 Å². The number of rotatable bonds is 7. The molecule has 0 aromatic heterocycles. The van der Waals surface area contributed by atoms with Crippen molar-refractivity contribution < 1.29 is 19.1 Å². The Morgan fingerprint density at radius 2 is 1.83 bits per heavy atom. The maximum absolute atomic E-state index is 12.0. The van der Waals surface area contributed by atoms with Crippen LogP contribution in [-0.2, 0) is 14.3 Å². The third-order valence-electron chi connectivity index (χ3n) is 3.39. The highest BCUT2D eigenvalue weighted by molar-refractivity contribution is 5.96. The van der Waals surface area contributed by atoms with Crippen LogP contribution in [0.25, 0.3) is 0 Å². The molecule has 1 aromatic carbocycles. The predicted molar refractivity (Wildman–Crippen MR) is 87.1 cm³/mol. The average molecular weight is 320 g/mol. The summed E-state index contributed by atoms with van der Waals surface area (Å²) in [7, 11) is 0. The van der Waals surface area contributed by atoms with Crippen LogP contribution in [0.5, 0.6) is 0 Å². The fourth-order valence-electron chi connectivity index (χ4n) is 1.82. The second-order valence-electron chi connectivity index (χ2n) is 5.40. The molecule has 0 aliphatic heterocycles. The molecule has 0 unspecified atom stereocenters. The molecule has 1 atom stereocenters. The average Bonchev–Trinajstić information content (AvgIpc) is 2.52. The van der Waals surface area contributed by atoms with Crippen LogP contribution >= 0.6 is 0 Å². The van der Waals surface area contributed by atoms with Gasteiger partial charge in [0.25, 0.3) is 11.8 Å². The van der Waals surface area contributed by atoms with Gasteiger partial charge in [0, 0.05) is 12.1 Å². The number of nitrogens with one attached hydrogen (secondary N) is 2. The Morgan fingerprint density at radius 1 is 1.13 bits per heavy atom. The first-order valence-corrected chi connectivity index (χ1v) is 7.67. The molecule has 0 saturated carbocycles. The van der Waals surface area contributed by atoms with Crippen LogP contribution in [0.3, 0.4) is 0 Å². The number of hydrogen-bond donors (Lipinski definition) is 2. The molecule has 1 rings (SSSR count). The van der Waals surface area contributed by atoms with Crippen LogP contribution in [-0.4, -0.2) is 37.0 Å². The molecule has 0 bridgehead atoms. The van der Waals surface area contributed by atoms with Crippen molar-refractivity contribution in [2.24, 2.45) is 0 Å². The summed E-state index contributed by atoms with van der Waals surface area (Å²) < 4.78 is 4.97. The number of esters is 1. The molecule has 0 aliphatic rings. The van der Waals surface area contributed by atoms with Gasteiger partial charge in [-0.2, -0.15) is 0 Å². The van der Waals surface area contributed by atoms with Gasteiger partial charge in [-0.1, -0.05) is 13.0 Å². The van der Waals surface area contributed by atoms with Crippen molar-refractivity contribution in [1.29, 1.82) is 0 Å². The number of carbonyl (C=O) groups excluding carboxylic acids is 3. The Kier molecular flexibility index (Phi) is 7.25. The molecule has 126 valence electrons. The Labute approximate surface area is 136 Å². The van der Waals surface area contributed by atoms with E-state index in [4.69, 9.17) is 4.74 Å². The molecule has 1 aromatic rings. The Hall–Kier alpha value is -2.37. The maximum Gasteiger partial charge on any atom is 0.326 e. The Bertz CT molecular complexity index is 584. The summed E-state index contributed by atoms with van der Waals surface area (Å²) in [5.41, 5.74) is 2.57. The van der Waals surface area contributed by atoms with Crippen LogP contribution in [0.4, 0.5) is 0 Å². The van der Waals surface area contributed by atoms with Crippen molar-refractivity contribution in [2.45, 2.75) is 40.2 Å². The largest absolute Gasteiger partial charge is 0.451 e. The Balaban J connectivity index is 2.44. The van der Waals surface area contributed by atoms with Crippen LogP contribution in [0, 0.1) is 13.8 Å². The molecule has 0 spiro atoms. The summed E-state index contributed by atoms with van der Waals surface area (Å²) in [6.45, 7) is 7.55. The van der Waals surface area contributed by atoms with Gasteiger partial charge in [0.15, 0.2) is 6.10 Å². The maximum atomic E-state index is 12.0. The van der Waals surface area contributed by atoms with E-state index in [1.807, 2.05) is 26.8 Å². The number of aryl methyl sites for hydroxylation is 2. The van der Waals surface area contributed by atoms with Crippen molar-refractivity contribution in [3.8, 4) is 0 Å². The van der Waals surface area contributed by atoms with Crippen molar-refractivity contribution in [1.82, 2.24) is 10.6 Å². The lowest BCUT2D eigenvalue weighted by molar-refractivity contribution is -0.153. The summed E-state index contributed by atoms with van der Waals surface area (Å²) in [4.78, 5) is 35.2. The van der Waals surface area contributed by atoms with Crippen molar-refractivity contribution in [3.63, 3.8) is 0 Å². The quantitative estimate of drug-likeness (QED) is 0.746. The Morgan fingerprint density at radius 3 is 2.43 bits per heavy atom. The first-order chi connectivity index (χ1) is 10.8. The smallest absolute Gasteiger partial charge is 0.326 e. The molecular formula is C17H24N2O4. The molecule has 6 nitrogen and oxygen atoms in total. The third kappa shape index (κ3) is 6.10. The molecule has 0 heterocycles. The number of hydrogen-bond acceptors (Lipinski definition) is 4. The van der Waals surface area contributed by atoms with E-state index in [-0.39, 0.29) is 18.4 Å². The molecule has 0 aliphatic carbocycles. The number of carbonyl (C=O) groups is 3. The van der Waals surface area contributed by atoms with Gasteiger partial charge in [0.05, 0.1) is 0 Å². The molecule has 2 amide bonds. The van der Waals surface area contributed by atoms with Crippen LogP contribution in [0.1, 0.15) is 41.8 Å². The van der Waals surface area contributed by atoms with E-state index in [0.29, 0.717) is 12.1 Å². The van der Waals surface area contributed by atoms with Crippen molar-refractivity contribution >= 4 is 17.8 Å². The standard InChI is InChI=1S/C17H24N2O4/c1-5-8-18-16(21)13(4)23-15(20)10-19-17(22)14-7-6-11(2)12(3)9-14/h6-7,9,13H,5,8,10H2,1-4H3,(H,18,21)(H,19,22)/t13-/m0/s1. The van der Waals surface area contributed by atoms with Crippen molar-refractivity contribution in [2.75, 3.05) is 13.1 Å². The van der Waals surface area contributed by atoms with E-state index in [9.17, 15) is 14.4 Å². The fraction of sp³-hybridized carbons (Fsp3) is 0.471. The molecule has 0 fully saturated rings. The van der Waals surface area contributed by atoms with Gasteiger partial charge >= 0.3 is 5.97 Å². The lowest BCUT2D eigenvalue weighted by atomic mass is 10.1. The summed E-state index contributed by atoms with van der Waals surface area (Å²) in [6.07, 6.45) is -0.0779. The van der Waals surface area contributed by atoms with Gasteiger partial charge < -0.3 is 15.4 Å². The van der Waals surface area contributed by atoms with Gasteiger partial charge in [-0.15, -0.1) is 0 Å². The van der Waals surface area contributed by atoms with Crippen LogP contribution in [0.15, 0.2) is 18.2 Å². The monoisotopic (exact) mass is 320 g/mol. The van der Waals surface area contributed by atoms with Gasteiger partial charge in [-0.05, 0) is 50.5 Å². The van der Waals surface area contributed by atoms with Gasteiger partial charge in [0.2, 0.25) is 0 Å². The van der Waals surface area contributed by atoms with Gasteiger partial charge in [-0.3, -0.25) is 14.4 Å². The summed E-state index contributed by atoms with van der Waals surface area (Å²) in [5, 5.41) is 5.12. The minimum Gasteiger partial charge on any atom is -0.451 e. The van der Waals surface area contributed by atoms with E-state index in [2.05, 4.69) is 10.6 Å². The normalized spacial score (nSPS) is 11.5. The van der Waals surface area contributed by atoms with Crippen LogP contribution in [0.2, 0.25) is 0 Å². The second-order valence-corrected chi connectivity index (χ2v) is 5.40. The molecule has 2 N–H and O–H groups in total. The topological polar surface area (TPSA) is 84.5 Å². The highest BCUT2D eigenvalue weighted by Gasteiger charge is 2.17. The second kappa shape index (κ2) is 8.92. The number of benzene rings is 1. The van der Waals surface area contributed by atoms with Gasteiger partial charge in [0.1, 0.15) is 6.54 Å². The van der Waals surface area contributed by atoms with E-state index < -0.39 is 12.1 Å². The zero-order chi connectivity index (χ0) is 17.4. The zero-order valence-electron chi connectivity index (χ0n) is 14.1. The van der Waals surface area contributed by atoms with Gasteiger partial charge in [-0.25, -0.2) is 0 Å².